The number of carbonyl (C=O) groups is 2. The van der Waals surface area contributed by atoms with Crippen LogP contribution in [0.4, 0.5) is 4.79 Å². The highest BCUT2D eigenvalue weighted by molar-refractivity contribution is 5.82. The number of fused-ring (bicyclic) bond motifs is 1. The molecule has 1 aliphatic rings. The van der Waals surface area contributed by atoms with Gasteiger partial charge < -0.3 is 15.2 Å². The monoisotopic (exact) mass is 207 g/mol. The molecule has 0 aliphatic carbocycles. The van der Waals surface area contributed by atoms with Crippen molar-refractivity contribution < 1.29 is 19.4 Å². The third-order valence-corrected chi connectivity index (χ3v) is 2.23. The standard InChI is InChI=1S/C10H9NO4/c12-9(13)8-7-4-2-1-3-6(7)5-15-10(14)11-8/h1-4,8H,5H2,(H,11,14)(H,12,13). The molecular weight excluding hydrogens is 198 g/mol. The van der Waals surface area contributed by atoms with Gasteiger partial charge in [0.2, 0.25) is 0 Å². The predicted octanol–water partition coefficient (Wildman–Crippen LogP) is 1.05. The van der Waals surface area contributed by atoms with E-state index in [0.717, 1.165) is 0 Å². The molecule has 1 unspecified atom stereocenters. The molecule has 0 fully saturated rings. The highest BCUT2D eigenvalue weighted by Crippen LogP contribution is 2.22. The van der Waals surface area contributed by atoms with Crippen molar-refractivity contribution in [2.24, 2.45) is 0 Å². The van der Waals surface area contributed by atoms with Crippen LogP contribution in [0.1, 0.15) is 17.2 Å². The Morgan fingerprint density at radius 3 is 2.93 bits per heavy atom. The summed E-state index contributed by atoms with van der Waals surface area (Å²) in [6.45, 7) is 0.103. The normalized spacial score (nSPS) is 19.5. The van der Waals surface area contributed by atoms with Crippen LogP contribution in [0.5, 0.6) is 0 Å². The van der Waals surface area contributed by atoms with Gasteiger partial charge in [0.1, 0.15) is 6.61 Å². The van der Waals surface area contributed by atoms with Crippen molar-refractivity contribution in [2.75, 3.05) is 0 Å². The molecule has 5 nitrogen and oxygen atoms in total. The van der Waals surface area contributed by atoms with Crippen LogP contribution in [0, 0.1) is 0 Å². The molecule has 0 bridgehead atoms. The van der Waals surface area contributed by atoms with Crippen molar-refractivity contribution in [2.45, 2.75) is 12.6 Å². The molecule has 5 heteroatoms. The lowest BCUT2D eigenvalue weighted by Gasteiger charge is -2.11. The van der Waals surface area contributed by atoms with Crippen LogP contribution in [-0.2, 0) is 16.1 Å². The molecule has 0 saturated heterocycles. The third kappa shape index (κ3) is 1.76. The Morgan fingerprint density at radius 2 is 2.20 bits per heavy atom. The van der Waals surface area contributed by atoms with Gasteiger partial charge in [0.15, 0.2) is 6.04 Å². The van der Waals surface area contributed by atoms with Gasteiger partial charge in [-0.15, -0.1) is 0 Å². The van der Waals surface area contributed by atoms with Crippen molar-refractivity contribution >= 4 is 12.1 Å². The Balaban J connectivity index is 2.46. The Morgan fingerprint density at radius 1 is 1.47 bits per heavy atom. The van der Waals surface area contributed by atoms with E-state index in [1.807, 2.05) is 0 Å². The summed E-state index contributed by atoms with van der Waals surface area (Å²) in [4.78, 5) is 22.0. The number of amides is 1. The lowest BCUT2D eigenvalue weighted by molar-refractivity contribution is -0.139. The molecule has 1 aliphatic heterocycles. The smallest absolute Gasteiger partial charge is 0.408 e. The van der Waals surface area contributed by atoms with Crippen LogP contribution < -0.4 is 5.32 Å². The van der Waals surface area contributed by atoms with E-state index in [1.54, 1.807) is 24.3 Å². The number of benzene rings is 1. The van der Waals surface area contributed by atoms with Crippen LogP contribution >= 0.6 is 0 Å². The van der Waals surface area contributed by atoms with Crippen molar-refractivity contribution in [3.63, 3.8) is 0 Å². The minimum Gasteiger partial charge on any atom is -0.479 e. The number of hydrogen-bond donors (Lipinski definition) is 2. The summed E-state index contributed by atoms with van der Waals surface area (Å²) in [5, 5.41) is 11.2. The molecular formula is C10H9NO4. The molecule has 1 amide bonds. The quantitative estimate of drug-likeness (QED) is 0.721. The fourth-order valence-corrected chi connectivity index (χ4v) is 1.52. The summed E-state index contributed by atoms with van der Waals surface area (Å²) in [6, 6.07) is 5.88. The van der Waals surface area contributed by atoms with E-state index >= 15 is 0 Å². The molecule has 0 spiro atoms. The number of aliphatic carboxylic acids is 1. The van der Waals surface area contributed by atoms with Crippen LogP contribution in [0.2, 0.25) is 0 Å². The molecule has 2 rings (SSSR count). The van der Waals surface area contributed by atoms with Gasteiger partial charge in [-0.25, -0.2) is 9.59 Å². The topological polar surface area (TPSA) is 75.6 Å². The molecule has 1 aromatic carbocycles. The number of carboxylic acids is 1. The zero-order valence-corrected chi connectivity index (χ0v) is 7.77. The number of cyclic esters (lactones) is 1. The maximum absolute atomic E-state index is 11.1. The van der Waals surface area contributed by atoms with Gasteiger partial charge in [0, 0.05) is 0 Å². The lowest BCUT2D eigenvalue weighted by Crippen LogP contribution is -2.32. The summed E-state index contributed by atoms with van der Waals surface area (Å²) in [5.74, 6) is -1.10. The molecule has 15 heavy (non-hydrogen) atoms. The molecule has 1 aromatic rings. The summed E-state index contributed by atoms with van der Waals surface area (Å²) in [7, 11) is 0. The second-order valence-corrected chi connectivity index (χ2v) is 3.19. The first-order valence-electron chi connectivity index (χ1n) is 4.42. The zero-order valence-electron chi connectivity index (χ0n) is 7.77. The van der Waals surface area contributed by atoms with Crippen LogP contribution in [0.3, 0.4) is 0 Å². The van der Waals surface area contributed by atoms with E-state index < -0.39 is 18.1 Å². The molecule has 78 valence electrons. The number of carbonyl (C=O) groups excluding carboxylic acids is 1. The minimum atomic E-state index is -1.10. The summed E-state index contributed by atoms with van der Waals surface area (Å²) >= 11 is 0. The second-order valence-electron chi connectivity index (χ2n) is 3.19. The number of ether oxygens (including phenoxy) is 1. The molecule has 0 saturated carbocycles. The highest BCUT2D eigenvalue weighted by atomic mass is 16.5. The number of rotatable bonds is 1. The van der Waals surface area contributed by atoms with E-state index in [1.165, 1.54) is 0 Å². The van der Waals surface area contributed by atoms with E-state index in [-0.39, 0.29) is 6.61 Å². The third-order valence-electron chi connectivity index (χ3n) is 2.23. The van der Waals surface area contributed by atoms with Gasteiger partial charge in [0.05, 0.1) is 0 Å². The number of carboxylic acid groups (broad SMARTS) is 1. The predicted molar refractivity (Wildman–Crippen MR) is 50.1 cm³/mol. The SMILES string of the molecule is O=C1NC(C(=O)O)c2ccccc2CO1. The molecule has 1 heterocycles. The van der Waals surface area contributed by atoms with Crippen molar-refractivity contribution in [3.8, 4) is 0 Å². The van der Waals surface area contributed by atoms with Gasteiger partial charge in [-0.2, -0.15) is 0 Å². The van der Waals surface area contributed by atoms with Crippen molar-refractivity contribution in [3.05, 3.63) is 35.4 Å². The average Bonchev–Trinajstić information content (AvgIpc) is 2.39. The molecule has 0 radical (unpaired) electrons. The Hall–Kier alpha value is -2.04. The van der Waals surface area contributed by atoms with Gasteiger partial charge in [-0.05, 0) is 11.1 Å². The van der Waals surface area contributed by atoms with E-state index in [4.69, 9.17) is 9.84 Å². The first-order chi connectivity index (χ1) is 7.18. The van der Waals surface area contributed by atoms with Gasteiger partial charge in [0.25, 0.3) is 0 Å². The average molecular weight is 207 g/mol. The van der Waals surface area contributed by atoms with Gasteiger partial charge in [-0.3, -0.25) is 0 Å². The van der Waals surface area contributed by atoms with E-state index in [9.17, 15) is 9.59 Å². The lowest BCUT2D eigenvalue weighted by atomic mass is 10.0. The van der Waals surface area contributed by atoms with E-state index in [2.05, 4.69) is 5.32 Å². The maximum atomic E-state index is 11.1. The Labute approximate surface area is 85.7 Å². The minimum absolute atomic E-state index is 0.103. The molecule has 2 N–H and O–H groups in total. The van der Waals surface area contributed by atoms with Crippen LogP contribution in [0.15, 0.2) is 24.3 Å². The van der Waals surface area contributed by atoms with Crippen molar-refractivity contribution in [1.82, 2.24) is 5.32 Å². The number of nitrogens with one attached hydrogen (secondary N) is 1. The fourth-order valence-electron chi connectivity index (χ4n) is 1.52. The Kier molecular flexibility index (Phi) is 2.29. The zero-order chi connectivity index (χ0) is 10.8. The largest absolute Gasteiger partial charge is 0.479 e. The first-order valence-corrected chi connectivity index (χ1v) is 4.42. The summed E-state index contributed by atoms with van der Waals surface area (Å²) in [5.41, 5.74) is 1.28. The second kappa shape index (κ2) is 3.61. The van der Waals surface area contributed by atoms with Gasteiger partial charge in [-0.1, -0.05) is 24.3 Å². The fraction of sp³-hybridized carbons (Fsp3) is 0.200. The van der Waals surface area contributed by atoms with E-state index in [0.29, 0.717) is 11.1 Å². The van der Waals surface area contributed by atoms with Crippen LogP contribution in [-0.4, -0.2) is 17.2 Å². The molecule has 1 atom stereocenters. The summed E-state index contributed by atoms with van der Waals surface area (Å²) < 4.78 is 4.80. The van der Waals surface area contributed by atoms with Crippen molar-refractivity contribution in [1.29, 1.82) is 0 Å². The molecule has 0 aromatic heterocycles. The maximum Gasteiger partial charge on any atom is 0.408 e. The number of alkyl carbamates (subject to hydrolysis) is 1. The van der Waals surface area contributed by atoms with Gasteiger partial charge >= 0.3 is 12.1 Å². The summed E-state index contributed by atoms with van der Waals surface area (Å²) in [6.07, 6.45) is -0.710. The number of hydrogen-bond acceptors (Lipinski definition) is 3. The Bertz CT molecular complexity index is 416. The van der Waals surface area contributed by atoms with Crippen LogP contribution in [0.25, 0.3) is 0 Å². The first kappa shape index (κ1) is 9.51. The highest BCUT2D eigenvalue weighted by Gasteiger charge is 2.27.